The van der Waals surface area contributed by atoms with Gasteiger partial charge in [-0.1, -0.05) is 0 Å². The number of hydrogen-bond acceptors (Lipinski definition) is 5. The molecule has 7 nitrogen and oxygen atoms in total. The number of rotatable bonds is 4. The van der Waals surface area contributed by atoms with Gasteiger partial charge in [0.25, 0.3) is 5.91 Å². The van der Waals surface area contributed by atoms with Crippen molar-refractivity contribution in [1.29, 1.82) is 5.26 Å². The maximum atomic E-state index is 13.4. The second kappa shape index (κ2) is 6.22. The third kappa shape index (κ3) is 3.03. The minimum atomic E-state index is -0.757. The van der Waals surface area contributed by atoms with Crippen LogP contribution in [0.1, 0.15) is 12.5 Å². The molecule has 2 rings (SSSR count). The van der Waals surface area contributed by atoms with E-state index in [4.69, 9.17) is 10.00 Å². The number of carbonyl (C=O) groups excluding carboxylic acids is 3. The highest BCUT2D eigenvalue weighted by atomic mass is 19.1. The van der Waals surface area contributed by atoms with Crippen LogP contribution in [0.3, 0.4) is 0 Å². The van der Waals surface area contributed by atoms with Crippen molar-refractivity contribution in [3.05, 3.63) is 29.6 Å². The van der Waals surface area contributed by atoms with Gasteiger partial charge in [-0.2, -0.15) is 5.26 Å². The Bertz CT molecular complexity index is 683. The number of amides is 3. The summed E-state index contributed by atoms with van der Waals surface area (Å²) in [4.78, 5) is 37.2. The van der Waals surface area contributed by atoms with E-state index in [2.05, 4.69) is 0 Å². The van der Waals surface area contributed by atoms with E-state index in [0.29, 0.717) is 0 Å². The Morgan fingerprint density at radius 3 is 2.77 bits per heavy atom. The van der Waals surface area contributed by atoms with Gasteiger partial charge in [0.1, 0.15) is 18.9 Å². The molecule has 1 saturated heterocycles. The van der Waals surface area contributed by atoms with E-state index >= 15 is 0 Å². The van der Waals surface area contributed by atoms with Crippen LogP contribution >= 0.6 is 0 Å². The molecule has 114 valence electrons. The highest BCUT2D eigenvalue weighted by Crippen LogP contribution is 2.23. The molecular formula is C14H12FN3O4. The zero-order chi connectivity index (χ0) is 16.3. The zero-order valence-corrected chi connectivity index (χ0v) is 11.7. The van der Waals surface area contributed by atoms with Gasteiger partial charge in [0.05, 0.1) is 23.9 Å². The molecule has 22 heavy (non-hydrogen) atoms. The van der Waals surface area contributed by atoms with Gasteiger partial charge in [-0.05, 0) is 25.1 Å². The fourth-order valence-corrected chi connectivity index (χ4v) is 2.03. The number of halogens is 1. The second-order valence-electron chi connectivity index (χ2n) is 4.46. The number of anilines is 1. The quantitative estimate of drug-likeness (QED) is 0.612. The monoisotopic (exact) mass is 305 g/mol. The molecule has 1 aromatic rings. The van der Waals surface area contributed by atoms with Gasteiger partial charge in [-0.3, -0.25) is 19.4 Å². The molecule has 1 heterocycles. The van der Waals surface area contributed by atoms with E-state index in [0.717, 1.165) is 21.9 Å². The Labute approximate surface area is 125 Å². The number of carbonyl (C=O) groups is 3. The molecule has 1 fully saturated rings. The maximum Gasteiger partial charge on any atom is 0.332 e. The Morgan fingerprint density at radius 2 is 2.14 bits per heavy atom. The fraction of sp³-hybridized carbons (Fsp3) is 0.286. The van der Waals surface area contributed by atoms with Gasteiger partial charge in [0, 0.05) is 0 Å². The minimum Gasteiger partial charge on any atom is -0.465 e. The first-order chi connectivity index (χ1) is 10.5. The van der Waals surface area contributed by atoms with Gasteiger partial charge in [0.2, 0.25) is 0 Å². The lowest BCUT2D eigenvalue weighted by Crippen LogP contribution is -2.37. The summed E-state index contributed by atoms with van der Waals surface area (Å²) in [6.07, 6.45) is 0. The number of urea groups is 1. The van der Waals surface area contributed by atoms with Gasteiger partial charge in [-0.25, -0.2) is 9.18 Å². The smallest absolute Gasteiger partial charge is 0.332 e. The highest BCUT2D eigenvalue weighted by molar-refractivity contribution is 6.13. The van der Waals surface area contributed by atoms with Crippen LogP contribution in [0, 0.1) is 17.1 Å². The van der Waals surface area contributed by atoms with Crippen LogP contribution in [0.15, 0.2) is 18.2 Å². The number of hydrogen-bond donors (Lipinski definition) is 0. The fourth-order valence-electron chi connectivity index (χ4n) is 2.03. The van der Waals surface area contributed by atoms with Crippen molar-refractivity contribution >= 4 is 23.6 Å². The lowest BCUT2D eigenvalue weighted by atomic mass is 10.2. The highest BCUT2D eigenvalue weighted by Gasteiger charge is 2.38. The number of imide groups is 1. The molecule has 0 aromatic heterocycles. The molecule has 0 N–H and O–H groups in total. The Hall–Kier alpha value is -2.95. The second-order valence-corrected chi connectivity index (χ2v) is 4.46. The largest absolute Gasteiger partial charge is 0.465 e. The van der Waals surface area contributed by atoms with Crippen LogP contribution < -0.4 is 4.90 Å². The van der Waals surface area contributed by atoms with E-state index in [1.165, 1.54) is 6.07 Å². The molecule has 0 bridgehead atoms. The molecule has 1 aromatic carbocycles. The predicted molar refractivity (Wildman–Crippen MR) is 72.2 cm³/mol. The van der Waals surface area contributed by atoms with Crippen molar-refractivity contribution in [2.24, 2.45) is 0 Å². The van der Waals surface area contributed by atoms with Crippen LogP contribution in [0.4, 0.5) is 14.9 Å². The average molecular weight is 305 g/mol. The molecular weight excluding hydrogens is 293 g/mol. The number of esters is 1. The third-order valence-electron chi connectivity index (χ3n) is 2.97. The summed E-state index contributed by atoms with van der Waals surface area (Å²) in [5, 5.41) is 8.82. The Kier molecular flexibility index (Phi) is 4.36. The van der Waals surface area contributed by atoms with Crippen molar-refractivity contribution in [3.8, 4) is 6.07 Å². The predicted octanol–water partition coefficient (Wildman–Crippen LogP) is 1.03. The molecule has 8 heteroatoms. The molecule has 0 spiro atoms. The third-order valence-corrected chi connectivity index (χ3v) is 2.97. The van der Waals surface area contributed by atoms with E-state index in [1.54, 1.807) is 13.0 Å². The standard InChI is InChI=1S/C14H12FN3O4/c1-2-22-13(20)8-18-12(19)7-17(14(18)21)11-4-9(6-16)3-10(15)5-11/h3-5H,2,7-8H2,1H3. The molecule has 1 aliphatic heterocycles. The van der Waals surface area contributed by atoms with Gasteiger partial charge >= 0.3 is 12.0 Å². The summed E-state index contributed by atoms with van der Waals surface area (Å²) in [5.41, 5.74) is 0.111. The number of nitrogens with zero attached hydrogens (tertiary/aromatic N) is 3. The Balaban J connectivity index is 2.23. The minimum absolute atomic E-state index is 0.0269. The first kappa shape index (κ1) is 15.4. The summed E-state index contributed by atoms with van der Waals surface area (Å²) in [6, 6.07) is 4.36. The molecule has 0 saturated carbocycles. The first-order valence-electron chi connectivity index (χ1n) is 6.44. The van der Waals surface area contributed by atoms with E-state index < -0.39 is 30.3 Å². The SMILES string of the molecule is CCOC(=O)CN1C(=O)CN(c2cc(F)cc(C#N)c2)C1=O. The lowest BCUT2D eigenvalue weighted by Gasteiger charge is -2.16. The summed E-state index contributed by atoms with van der Waals surface area (Å²) >= 11 is 0. The molecule has 0 aliphatic carbocycles. The van der Waals surface area contributed by atoms with Crippen LogP contribution in [0.5, 0.6) is 0 Å². The van der Waals surface area contributed by atoms with Crippen molar-refractivity contribution in [3.63, 3.8) is 0 Å². The topological polar surface area (TPSA) is 90.7 Å². The number of ether oxygens (including phenoxy) is 1. The van der Waals surface area contributed by atoms with Crippen molar-refractivity contribution < 1.29 is 23.5 Å². The lowest BCUT2D eigenvalue weighted by molar-refractivity contribution is -0.146. The molecule has 0 radical (unpaired) electrons. The zero-order valence-electron chi connectivity index (χ0n) is 11.7. The van der Waals surface area contributed by atoms with Gasteiger partial charge < -0.3 is 4.74 Å². The average Bonchev–Trinajstić information content (AvgIpc) is 2.75. The molecule has 3 amide bonds. The van der Waals surface area contributed by atoms with Crippen LogP contribution in [-0.2, 0) is 14.3 Å². The van der Waals surface area contributed by atoms with Crippen LogP contribution in [-0.4, -0.2) is 42.5 Å². The molecule has 0 unspecified atom stereocenters. The number of nitriles is 1. The van der Waals surface area contributed by atoms with Crippen LogP contribution in [0.25, 0.3) is 0 Å². The summed E-state index contributed by atoms with van der Waals surface area (Å²) < 4.78 is 18.1. The molecule has 1 aliphatic rings. The van der Waals surface area contributed by atoms with Crippen molar-refractivity contribution in [2.75, 3.05) is 24.6 Å². The maximum absolute atomic E-state index is 13.4. The normalized spacial score (nSPS) is 14.2. The summed E-state index contributed by atoms with van der Waals surface area (Å²) in [6.45, 7) is 0.914. The van der Waals surface area contributed by atoms with Crippen molar-refractivity contribution in [1.82, 2.24) is 4.90 Å². The Morgan fingerprint density at radius 1 is 1.41 bits per heavy atom. The summed E-state index contributed by atoms with van der Waals surface area (Å²) in [7, 11) is 0. The van der Waals surface area contributed by atoms with Gasteiger partial charge in [0.15, 0.2) is 0 Å². The van der Waals surface area contributed by atoms with Crippen LogP contribution in [0.2, 0.25) is 0 Å². The molecule has 0 atom stereocenters. The van der Waals surface area contributed by atoms with E-state index in [1.807, 2.05) is 0 Å². The summed E-state index contributed by atoms with van der Waals surface area (Å²) in [5.74, 6) is -2.00. The van der Waals surface area contributed by atoms with Gasteiger partial charge in [-0.15, -0.1) is 0 Å². The van der Waals surface area contributed by atoms with E-state index in [-0.39, 0.29) is 24.4 Å². The van der Waals surface area contributed by atoms with Crippen molar-refractivity contribution in [2.45, 2.75) is 6.92 Å². The van der Waals surface area contributed by atoms with E-state index in [9.17, 15) is 18.8 Å². The first-order valence-corrected chi connectivity index (χ1v) is 6.44. The number of benzene rings is 1.